The highest BCUT2D eigenvalue weighted by Crippen LogP contribution is 2.26. The molecule has 4 heterocycles. The summed E-state index contributed by atoms with van der Waals surface area (Å²) in [6.07, 6.45) is 3.18. The van der Waals surface area contributed by atoms with Crippen molar-refractivity contribution in [2.75, 3.05) is 17.1 Å². The summed E-state index contributed by atoms with van der Waals surface area (Å²) in [5.74, 6) is 2.33. The fraction of sp³-hybridized carbons (Fsp3) is 0.0476. The zero-order valence-electron chi connectivity index (χ0n) is 17.5. The van der Waals surface area contributed by atoms with Crippen molar-refractivity contribution < 1.29 is 9.84 Å². The Labute approximate surface area is 188 Å². The number of para-hydroxylation sites is 2. The Balaban J connectivity index is 0.000000139. The lowest BCUT2D eigenvalue weighted by molar-refractivity contribution is 0.419. The molecule has 166 valence electrons. The number of methoxy groups -OCH3 is 1. The Hall–Kier alpha value is -4.68. The Morgan fingerprint density at radius 3 is 1.88 bits per heavy atom. The van der Waals surface area contributed by atoms with Gasteiger partial charge >= 0.3 is 0 Å². The summed E-state index contributed by atoms with van der Waals surface area (Å²) < 4.78 is 5.29. The number of hydrazone groups is 2. The fourth-order valence-electron chi connectivity index (χ4n) is 3.29. The second kappa shape index (κ2) is 8.82. The van der Waals surface area contributed by atoms with Gasteiger partial charge in [-0.3, -0.25) is 0 Å². The number of pyridine rings is 2. The summed E-state index contributed by atoms with van der Waals surface area (Å²) in [5.41, 5.74) is 12.2. The lowest BCUT2D eigenvalue weighted by Gasteiger charge is -2.13. The summed E-state index contributed by atoms with van der Waals surface area (Å²) in [6.45, 7) is 0. The van der Waals surface area contributed by atoms with E-state index >= 15 is 0 Å². The third-order valence-electron chi connectivity index (χ3n) is 4.88. The molecule has 0 atom stereocenters. The van der Waals surface area contributed by atoms with Crippen LogP contribution in [-0.2, 0) is 0 Å². The molecule has 0 radical (unpaired) electrons. The number of hydrazine groups is 4. The molecule has 5 N–H and O–H groups in total. The average Bonchev–Trinajstić information content (AvgIpc) is 3.59. The van der Waals surface area contributed by atoms with Gasteiger partial charge < -0.3 is 9.84 Å². The highest BCUT2D eigenvalue weighted by molar-refractivity contribution is 5.89. The quantitative estimate of drug-likeness (QED) is 0.318. The largest absolute Gasteiger partial charge is 0.506 e. The van der Waals surface area contributed by atoms with Crippen molar-refractivity contribution in [2.24, 2.45) is 10.2 Å². The maximum atomic E-state index is 9.69. The molecule has 6 rings (SSSR count). The molecule has 0 fully saturated rings. The second-order valence-corrected chi connectivity index (χ2v) is 6.90. The van der Waals surface area contributed by atoms with Crippen LogP contribution in [0.1, 0.15) is 0 Å². The highest BCUT2D eigenvalue weighted by atomic mass is 16.5. The molecule has 0 saturated carbocycles. The molecule has 2 aromatic carbocycles. The molecule has 0 saturated heterocycles. The van der Waals surface area contributed by atoms with Crippen molar-refractivity contribution in [2.45, 2.75) is 0 Å². The number of hydrogen-bond donors (Lipinski definition) is 5. The standard InChI is InChI=1S/C11H11N5O.C10H9N5O/c1-17-9-4-2-3-8-5-6-10(13-11(8)9)16-7-12-14-15-16;16-8-3-1-2-7-4-5-9(12-10(7)8)15-6-11-13-14-15/h2-7,14-15H,1H3;1-6,13-14,16H. The maximum Gasteiger partial charge on any atom is 0.150 e. The average molecular weight is 444 g/mol. The van der Waals surface area contributed by atoms with Crippen LogP contribution in [0.4, 0.5) is 11.6 Å². The number of aromatic nitrogens is 2. The topological polar surface area (TPSA) is 135 Å². The van der Waals surface area contributed by atoms with Crippen molar-refractivity contribution in [3.63, 3.8) is 0 Å². The smallest absolute Gasteiger partial charge is 0.150 e. The molecule has 12 nitrogen and oxygen atoms in total. The minimum Gasteiger partial charge on any atom is -0.506 e. The number of ether oxygens (including phenoxy) is 1. The minimum atomic E-state index is 0.170. The van der Waals surface area contributed by atoms with E-state index in [0.717, 1.165) is 27.9 Å². The highest BCUT2D eigenvalue weighted by Gasteiger charge is 2.12. The number of phenolic OH excluding ortho intramolecular Hbond substituents is 1. The van der Waals surface area contributed by atoms with Crippen molar-refractivity contribution in [3.05, 3.63) is 60.7 Å². The summed E-state index contributed by atoms with van der Waals surface area (Å²) >= 11 is 0. The van der Waals surface area contributed by atoms with Crippen molar-refractivity contribution >= 4 is 46.1 Å². The van der Waals surface area contributed by atoms with Gasteiger partial charge in [0.1, 0.15) is 35.2 Å². The van der Waals surface area contributed by atoms with E-state index < -0.39 is 0 Å². The van der Waals surface area contributed by atoms with Gasteiger partial charge in [-0.2, -0.15) is 10.2 Å². The Morgan fingerprint density at radius 2 is 1.30 bits per heavy atom. The molecule has 0 bridgehead atoms. The third-order valence-corrected chi connectivity index (χ3v) is 4.88. The van der Waals surface area contributed by atoms with Crippen LogP contribution in [0.2, 0.25) is 0 Å². The van der Waals surface area contributed by atoms with Crippen LogP contribution < -0.4 is 36.9 Å². The van der Waals surface area contributed by atoms with Crippen LogP contribution in [0.15, 0.2) is 70.9 Å². The molecule has 12 heteroatoms. The Morgan fingerprint density at radius 1 is 0.727 bits per heavy atom. The molecular formula is C21H20N10O2. The van der Waals surface area contributed by atoms with Crippen LogP contribution in [-0.4, -0.2) is 34.9 Å². The lowest BCUT2D eigenvalue weighted by atomic mass is 10.2. The first-order valence-electron chi connectivity index (χ1n) is 9.91. The van der Waals surface area contributed by atoms with E-state index in [1.54, 1.807) is 41.9 Å². The molecule has 2 aliphatic heterocycles. The van der Waals surface area contributed by atoms with E-state index in [4.69, 9.17) is 4.74 Å². The molecule has 33 heavy (non-hydrogen) atoms. The van der Waals surface area contributed by atoms with E-state index in [0.29, 0.717) is 11.3 Å². The van der Waals surface area contributed by atoms with Crippen LogP contribution in [0.25, 0.3) is 21.8 Å². The number of benzene rings is 2. The normalized spacial score (nSPS) is 14.2. The number of aromatic hydroxyl groups is 1. The SMILES string of the molecule is COc1cccc2ccc(N3C=NNN3)nc12.Oc1cccc2ccc(N3C=NNN3)nc12. The third kappa shape index (κ3) is 4.11. The first kappa shape index (κ1) is 20.2. The van der Waals surface area contributed by atoms with Crippen molar-refractivity contribution in [3.8, 4) is 11.5 Å². The molecule has 0 unspecified atom stereocenters. The van der Waals surface area contributed by atoms with E-state index in [1.807, 2.05) is 48.5 Å². The van der Waals surface area contributed by atoms with E-state index in [-0.39, 0.29) is 5.75 Å². The van der Waals surface area contributed by atoms with Crippen molar-refractivity contribution in [1.29, 1.82) is 0 Å². The van der Waals surface area contributed by atoms with Crippen LogP contribution in [0.5, 0.6) is 11.5 Å². The molecule has 0 amide bonds. The Bertz CT molecular complexity index is 1360. The van der Waals surface area contributed by atoms with Gasteiger partial charge in [0.15, 0.2) is 11.6 Å². The van der Waals surface area contributed by atoms with E-state index in [1.165, 1.54) is 0 Å². The monoisotopic (exact) mass is 444 g/mol. The fourth-order valence-corrected chi connectivity index (χ4v) is 3.29. The van der Waals surface area contributed by atoms with Crippen LogP contribution >= 0.6 is 0 Å². The Kier molecular flexibility index (Phi) is 5.41. The van der Waals surface area contributed by atoms with Gasteiger partial charge in [0.05, 0.1) is 7.11 Å². The first-order valence-corrected chi connectivity index (χ1v) is 9.91. The van der Waals surface area contributed by atoms with Gasteiger partial charge in [0.25, 0.3) is 0 Å². The lowest BCUT2D eigenvalue weighted by Crippen LogP contribution is -2.37. The van der Waals surface area contributed by atoms with Gasteiger partial charge in [0.2, 0.25) is 0 Å². The first-order chi connectivity index (χ1) is 16.2. The maximum absolute atomic E-state index is 9.69. The van der Waals surface area contributed by atoms with Crippen molar-refractivity contribution in [1.82, 2.24) is 32.1 Å². The molecular weight excluding hydrogens is 424 g/mol. The zero-order chi connectivity index (χ0) is 22.6. The number of fused-ring (bicyclic) bond motifs is 2. The van der Waals surface area contributed by atoms with Crippen LogP contribution in [0.3, 0.4) is 0 Å². The van der Waals surface area contributed by atoms with Crippen LogP contribution in [0, 0.1) is 0 Å². The predicted octanol–water partition coefficient (Wildman–Crippen LogP) is 1.73. The molecule has 2 aliphatic rings. The summed E-state index contributed by atoms with van der Waals surface area (Å²) in [5, 5.41) is 22.5. The van der Waals surface area contributed by atoms with Gasteiger partial charge in [-0.1, -0.05) is 24.3 Å². The number of anilines is 2. The minimum absolute atomic E-state index is 0.170. The zero-order valence-corrected chi connectivity index (χ0v) is 17.5. The van der Waals surface area contributed by atoms with Gasteiger partial charge in [-0.05, 0) is 36.4 Å². The molecule has 0 aliphatic carbocycles. The predicted molar refractivity (Wildman–Crippen MR) is 126 cm³/mol. The summed E-state index contributed by atoms with van der Waals surface area (Å²) in [6, 6.07) is 18.8. The second-order valence-electron chi connectivity index (χ2n) is 6.90. The molecule has 2 aromatic heterocycles. The number of hydrogen-bond acceptors (Lipinski definition) is 12. The number of rotatable bonds is 3. The number of nitrogens with one attached hydrogen (secondary N) is 4. The van der Waals surface area contributed by atoms with Gasteiger partial charge in [-0.25, -0.2) is 31.1 Å². The van der Waals surface area contributed by atoms with Gasteiger partial charge in [0, 0.05) is 10.8 Å². The molecule has 0 spiro atoms. The summed E-state index contributed by atoms with van der Waals surface area (Å²) in [7, 11) is 1.64. The number of nitrogens with zero attached hydrogens (tertiary/aromatic N) is 6. The van der Waals surface area contributed by atoms with Gasteiger partial charge in [-0.15, -0.1) is 11.1 Å². The summed E-state index contributed by atoms with van der Waals surface area (Å²) in [4.78, 5) is 8.87. The number of phenols is 1. The van der Waals surface area contributed by atoms with E-state index in [9.17, 15) is 5.11 Å². The van der Waals surface area contributed by atoms with E-state index in [2.05, 4.69) is 42.3 Å². The molecule has 4 aromatic rings.